The van der Waals surface area contributed by atoms with E-state index in [-0.39, 0.29) is 0 Å². The van der Waals surface area contributed by atoms with Gasteiger partial charge in [-0.1, -0.05) is 103 Å². The summed E-state index contributed by atoms with van der Waals surface area (Å²) < 4.78 is 0. The molecule has 0 aliphatic heterocycles. The molecule has 6 aromatic rings. The fourth-order valence-corrected chi connectivity index (χ4v) is 5.06. The summed E-state index contributed by atoms with van der Waals surface area (Å²) in [6, 6.07) is 45.3. The minimum absolute atomic E-state index is 0.833. The Bertz CT molecular complexity index is 1520. The van der Waals surface area contributed by atoms with E-state index in [2.05, 4.69) is 131 Å². The van der Waals surface area contributed by atoms with Crippen molar-refractivity contribution in [3.8, 4) is 11.1 Å². The first kappa shape index (κ1) is 21.1. The van der Waals surface area contributed by atoms with Crippen LogP contribution in [0.3, 0.4) is 0 Å². The van der Waals surface area contributed by atoms with Gasteiger partial charge in [0.2, 0.25) is 0 Å². The maximum Gasteiger partial charge on any atom is 0.0570 e. The molecule has 0 bridgehead atoms. The molecule has 0 aliphatic carbocycles. The van der Waals surface area contributed by atoms with Crippen molar-refractivity contribution in [1.29, 1.82) is 0 Å². The highest BCUT2D eigenvalue weighted by atomic mass is 15.1. The second-order valence-corrected chi connectivity index (χ2v) is 8.74. The van der Waals surface area contributed by atoms with Crippen LogP contribution in [0.4, 0.5) is 11.4 Å². The van der Waals surface area contributed by atoms with Crippen molar-refractivity contribution in [2.45, 2.75) is 6.42 Å². The maximum absolute atomic E-state index is 4.59. The number of nitrogens with zero attached hydrogens (tertiary/aromatic N) is 2. The van der Waals surface area contributed by atoms with Gasteiger partial charge < -0.3 is 4.90 Å². The maximum atomic E-state index is 4.59. The molecule has 0 saturated heterocycles. The Balaban J connectivity index is 1.63. The molecule has 0 spiro atoms. The second kappa shape index (κ2) is 9.44. The van der Waals surface area contributed by atoms with Crippen LogP contribution in [-0.4, -0.2) is 11.5 Å². The topological polar surface area (TPSA) is 16.1 Å². The summed E-state index contributed by atoms with van der Waals surface area (Å²) in [4.78, 5) is 7.06. The zero-order valence-electron chi connectivity index (χ0n) is 19.5. The van der Waals surface area contributed by atoms with E-state index in [0.717, 1.165) is 18.7 Å². The molecule has 0 saturated carbocycles. The lowest BCUT2D eigenvalue weighted by atomic mass is 9.90. The Labute approximate surface area is 206 Å². The molecule has 35 heavy (non-hydrogen) atoms. The molecular weight excluding hydrogens is 424 g/mol. The Morgan fingerprint density at radius 3 is 1.66 bits per heavy atom. The standard InChI is InChI=1S/C33H26N2/c1-3-13-25(14-4-1)32-28-18-7-9-20-30(28)33(31-21-10-8-19-29(31)32)35(27-16-5-2-6-17-27)24-22-26-15-11-12-23-34-26/h1-21,23H,22,24H2. The average Bonchev–Trinajstić information content (AvgIpc) is 2.94. The fraction of sp³-hybridized carbons (Fsp3) is 0.0606. The van der Waals surface area contributed by atoms with E-state index in [1.54, 1.807) is 0 Å². The quantitative estimate of drug-likeness (QED) is 0.237. The third-order valence-electron chi connectivity index (χ3n) is 6.62. The molecular formula is C33H26N2. The summed E-state index contributed by atoms with van der Waals surface area (Å²) in [7, 11) is 0. The van der Waals surface area contributed by atoms with E-state index in [1.807, 2.05) is 12.3 Å². The van der Waals surface area contributed by atoms with Crippen molar-refractivity contribution < 1.29 is 0 Å². The molecule has 0 atom stereocenters. The Kier molecular flexibility index (Phi) is 5.70. The van der Waals surface area contributed by atoms with E-state index in [4.69, 9.17) is 0 Å². The normalized spacial score (nSPS) is 11.1. The fourth-order valence-electron chi connectivity index (χ4n) is 5.06. The van der Waals surface area contributed by atoms with Crippen molar-refractivity contribution in [3.63, 3.8) is 0 Å². The van der Waals surface area contributed by atoms with Crippen LogP contribution >= 0.6 is 0 Å². The van der Waals surface area contributed by atoms with Crippen LogP contribution in [0.1, 0.15) is 5.69 Å². The van der Waals surface area contributed by atoms with Gasteiger partial charge in [-0.2, -0.15) is 0 Å². The SMILES string of the molecule is c1ccc(-c2c3ccccc3c(N(CCc3ccccn3)c3ccccc3)c3ccccc23)cc1. The molecule has 1 aromatic heterocycles. The van der Waals surface area contributed by atoms with Crippen LogP contribution < -0.4 is 4.90 Å². The Morgan fingerprint density at radius 1 is 0.514 bits per heavy atom. The molecule has 0 amide bonds. The Morgan fingerprint density at radius 2 is 1.06 bits per heavy atom. The zero-order valence-corrected chi connectivity index (χ0v) is 19.5. The summed E-state index contributed by atoms with van der Waals surface area (Å²) in [5, 5.41) is 5.06. The van der Waals surface area contributed by atoms with Gasteiger partial charge in [0.15, 0.2) is 0 Å². The molecule has 0 N–H and O–H groups in total. The van der Waals surface area contributed by atoms with Crippen LogP contribution in [0.5, 0.6) is 0 Å². The highest BCUT2D eigenvalue weighted by Gasteiger charge is 2.20. The lowest BCUT2D eigenvalue weighted by molar-refractivity contribution is 0.888. The van der Waals surface area contributed by atoms with Gasteiger partial charge >= 0.3 is 0 Å². The molecule has 5 aromatic carbocycles. The third-order valence-corrected chi connectivity index (χ3v) is 6.62. The molecule has 0 fully saturated rings. The van der Waals surface area contributed by atoms with E-state index in [9.17, 15) is 0 Å². The second-order valence-electron chi connectivity index (χ2n) is 8.74. The van der Waals surface area contributed by atoms with Gasteiger partial charge in [-0.25, -0.2) is 0 Å². The highest BCUT2D eigenvalue weighted by Crippen LogP contribution is 2.45. The summed E-state index contributed by atoms with van der Waals surface area (Å²) in [5.74, 6) is 0. The molecule has 2 heteroatoms. The largest absolute Gasteiger partial charge is 0.340 e. The summed E-state index contributed by atoms with van der Waals surface area (Å²) in [5.41, 5.74) is 6.07. The number of anilines is 2. The van der Waals surface area contributed by atoms with E-state index >= 15 is 0 Å². The van der Waals surface area contributed by atoms with Crippen molar-refractivity contribution in [1.82, 2.24) is 4.98 Å². The van der Waals surface area contributed by atoms with Crippen LogP contribution in [0.25, 0.3) is 32.7 Å². The predicted octanol–water partition coefficient (Wildman–Crippen LogP) is 8.44. The predicted molar refractivity (Wildman–Crippen MR) is 148 cm³/mol. The van der Waals surface area contributed by atoms with Crippen molar-refractivity contribution in [2.75, 3.05) is 11.4 Å². The number of para-hydroxylation sites is 1. The summed E-state index contributed by atoms with van der Waals surface area (Å²) >= 11 is 0. The Hall–Kier alpha value is -4.43. The average molecular weight is 451 g/mol. The zero-order chi connectivity index (χ0) is 23.5. The van der Waals surface area contributed by atoms with Gasteiger partial charge in [-0.05, 0) is 46.2 Å². The minimum Gasteiger partial charge on any atom is -0.340 e. The van der Waals surface area contributed by atoms with Gasteiger partial charge in [0.1, 0.15) is 0 Å². The van der Waals surface area contributed by atoms with Crippen molar-refractivity contribution >= 4 is 32.9 Å². The van der Waals surface area contributed by atoms with Crippen LogP contribution in [0.2, 0.25) is 0 Å². The third kappa shape index (κ3) is 4.04. The lowest BCUT2D eigenvalue weighted by Crippen LogP contribution is -2.21. The smallest absolute Gasteiger partial charge is 0.0570 e. The number of pyridine rings is 1. The molecule has 0 unspecified atom stereocenters. The van der Waals surface area contributed by atoms with Gasteiger partial charge in [-0.15, -0.1) is 0 Å². The lowest BCUT2D eigenvalue weighted by Gasteiger charge is -2.29. The van der Waals surface area contributed by atoms with Crippen LogP contribution in [-0.2, 0) is 6.42 Å². The molecule has 6 rings (SSSR count). The molecule has 0 radical (unpaired) electrons. The summed E-state index contributed by atoms with van der Waals surface area (Å²) in [6.07, 6.45) is 2.74. The van der Waals surface area contributed by atoms with E-state index in [1.165, 1.54) is 44.0 Å². The first-order valence-electron chi connectivity index (χ1n) is 12.1. The molecule has 168 valence electrons. The molecule has 2 nitrogen and oxygen atoms in total. The molecule has 1 heterocycles. The molecule has 0 aliphatic rings. The van der Waals surface area contributed by atoms with Crippen molar-refractivity contribution in [2.24, 2.45) is 0 Å². The highest BCUT2D eigenvalue weighted by molar-refractivity contribution is 6.21. The van der Waals surface area contributed by atoms with E-state index in [0.29, 0.717) is 0 Å². The number of hydrogen-bond acceptors (Lipinski definition) is 2. The van der Waals surface area contributed by atoms with Crippen LogP contribution in [0.15, 0.2) is 134 Å². The first-order chi connectivity index (χ1) is 17.4. The number of benzene rings is 5. The first-order valence-corrected chi connectivity index (χ1v) is 12.1. The van der Waals surface area contributed by atoms with Gasteiger partial charge in [0.25, 0.3) is 0 Å². The number of aromatic nitrogens is 1. The monoisotopic (exact) mass is 450 g/mol. The van der Waals surface area contributed by atoms with Gasteiger partial charge in [0.05, 0.1) is 5.69 Å². The summed E-state index contributed by atoms with van der Waals surface area (Å²) in [6.45, 7) is 0.833. The van der Waals surface area contributed by atoms with Gasteiger partial charge in [0, 0.05) is 41.3 Å². The van der Waals surface area contributed by atoms with Gasteiger partial charge in [-0.3, -0.25) is 4.98 Å². The minimum atomic E-state index is 0.833. The van der Waals surface area contributed by atoms with E-state index < -0.39 is 0 Å². The number of fused-ring (bicyclic) bond motifs is 2. The number of rotatable bonds is 6. The number of hydrogen-bond donors (Lipinski definition) is 0. The van der Waals surface area contributed by atoms with Crippen molar-refractivity contribution in [3.05, 3.63) is 139 Å². The van der Waals surface area contributed by atoms with Crippen LogP contribution in [0, 0.1) is 0 Å².